The van der Waals surface area contributed by atoms with Crippen LogP contribution in [-0.4, -0.2) is 29.5 Å². The van der Waals surface area contributed by atoms with E-state index < -0.39 is 0 Å². The lowest BCUT2D eigenvalue weighted by molar-refractivity contribution is 0.311. The molecular weight excluding hydrogens is 330 g/mol. The van der Waals surface area contributed by atoms with Crippen LogP contribution >= 0.6 is 11.3 Å². The van der Waals surface area contributed by atoms with Crippen LogP contribution in [0.2, 0.25) is 0 Å². The predicted octanol–water partition coefficient (Wildman–Crippen LogP) is 3.89. The van der Waals surface area contributed by atoms with Crippen molar-refractivity contribution in [1.82, 2.24) is 9.88 Å². The summed E-state index contributed by atoms with van der Waals surface area (Å²) in [4.78, 5) is 7.19. The van der Waals surface area contributed by atoms with Crippen LogP contribution < -0.4 is 5.73 Å². The van der Waals surface area contributed by atoms with E-state index in [1.165, 1.54) is 5.56 Å². The minimum atomic E-state index is 0.492. The second-order valence-corrected chi connectivity index (χ2v) is 7.52. The lowest BCUT2D eigenvalue weighted by Gasteiger charge is -2.16. The number of benzene rings is 1. The quantitative estimate of drug-likeness (QED) is 0.756. The zero-order chi connectivity index (χ0) is 17.2. The van der Waals surface area contributed by atoms with Crippen molar-refractivity contribution in [2.75, 3.05) is 19.6 Å². The fourth-order valence-corrected chi connectivity index (χ4v) is 4.33. The van der Waals surface area contributed by atoms with Crippen molar-refractivity contribution < 1.29 is 4.42 Å². The van der Waals surface area contributed by atoms with Crippen LogP contribution in [0, 0.1) is 12.8 Å². The first-order valence-electron chi connectivity index (χ1n) is 8.71. The molecule has 1 saturated heterocycles. The van der Waals surface area contributed by atoms with E-state index in [-0.39, 0.29) is 0 Å². The number of likely N-dealkylation sites (tertiary alicyclic amines) is 1. The van der Waals surface area contributed by atoms with Crippen LogP contribution in [0.3, 0.4) is 0 Å². The Hall–Kier alpha value is -1.95. The van der Waals surface area contributed by atoms with Crippen LogP contribution in [0.1, 0.15) is 22.9 Å². The molecule has 4 nitrogen and oxygen atoms in total. The Morgan fingerprint density at radius 2 is 2.08 bits per heavy atom. The number of nitrogens with two attached hydrogens (primary N) is 1. The number of oxazole rings is 1. The van der Waals surface area contributed by atoms with E-state index in [4.69, 9.17) is 15.1 Å². The average Bonchev–Trinajstić information content (AvgIpc) is 3.36. The number of rotatable bonds is 5. The maximum absolute atomic E-state index is 6.06. The molecule has 0 radical (unpaired) electrons. The summed E-state index contributed by atoms with van der Waals surface area (Å²) >= 11 is 1.66. The van der Waals surface area contributed by atoms with Gasteiger partial charge in [0, 0.05) is 36.5 Å². The molecule has 3 heterocycles. The van der Waals surface area contributed by atoms with Crippen molar-refractivity contribution in [3.05, 3.63) is 64.2 Å². The molecule has 0 unspecified atom stereocenters. The van der Waals surface area contributed by atoms with Gasteiger partial charge in [-0.25, -0.2) is 4.98 Å². The Morgan fingerprint density at radius 3 is 2.80 bits per heavy atom. The fraction of sp³-hybridized carbons (Fsp3) is 0.350. The van der Waals surface area contributed by atoms with Crippen LogP contribution in [-0.2, 0) is 6.54 Å². The van der Waals surface area contributed by atoms with Gasteiger partial charge < -0.3 is 10.2 Å². The molecule has 0 aliphatic carbocycles. The van der Waals surface area contributed by atoms with Crippen molar-refractivity contribution in [2.24, 2.45) is 11.7 Å². The molecule has 5 heteroatoms. The highest BCUT2D eigenvalue weighted by Gasteiger charge is 2.33. The van der Waals surface area contributed by atoms with Gasteiger partial charge in [0.05, 0.1) is 5.69 Å². The summed E-state index contributed by atoms with van der Waals surface area (Å²) in [6, 6.07) is 12.8. The van der Waals surface area contributed by atoms with Crippen LogP contribution in [0.15, 0.2) is 51.6 Å². The number of thiophene rings is 1. The zero-order valence-electron chi connectivity index (χ0n) is 14.4. The minimum Gasteiger partial charge on any atom is -0.441 e. The summed E-state index contributed by atoms with van der Waals surface area (Å²) < 4.78 is 5.88. The van der Waals surface area contributed by atoms with Gasteiger partial charge >= 0.3 is 0 Å². The molecule has 1 aliphatic rings. The Balaban J connectivity index is 1.50. The van der Waals surface area contributed by atoms with Gasteiger partial charge in [-0.3, -0.25) is 4.90 Å². The lowest BCUT2D eigenvalue weighted by Crippen LogP contribution is -2.23. The summed E-state index contributed by atoms with van der Waals surface area (Å²) in [6.07, 6.45) is 0. The second kappa shape index (κ2) is 7.12. The van der Waals surface area contributed by atoms with Gasteiger partial charge in [-0.05, 0) is 36.4 Å². The first-order chi connectivity index (χ1) is 12.2. The van der Waals surface area contributed by atoms with Gasteiger partial charge in [0.25, 0.3) is 0 Å². The maximum atomic E-state index is 6.06. The van der Waals surface area contributed by atoms with E-state index in [2.05, 4.69) is 40.6 Å². The molecule has 1 aliphatic heterocycles. The molecule has 2 atom stereocenters. The van der Waals surface area contributed by atoms with Gasteiger partial charge in [0.15, 0.2) is 0 Å². The Morgan fingerprint density at radius 1 is 1.24 bits per heavy atom. The SMILES string of the molecule is Cc1oc(-c2ccsc2)nc1CN1C[C@@H](CN)[C@H](c2ccccc2)C1. The second-order valence-electron chi connectivity index (χ2n) is 6.74. The van der Waals surface area contributed by atoms with E-state index in [0.717, 1.165) is 42.5 Å². The number of hydrogen-bond donors (Lipinski definition) is 1. The van der Waals surface area contributed by atoms with Crippen molar-refractivity contribution in [3.63, 3.8) is 0 Å². The predicted molar refractivity (Wildman–Crippen MR) is 102 cm³/mol. The average molecular weight is 353 g/mol. The molecule has 4 rings (SSSR count). The maximum Gasteiger partial charge on any atom is 0.227 e. The highest BCUT2D eigenvalue weighted by atomic mass is 32.1. The van der Waals surface area contributed by atoms with E-state index in [1.807, 2.05) is 18.4 Å². The van der Waals surface area contributed by atoms with E-state index in [9.17, 15) is 0 Å². The number of aryl methyl sites for hydroxylation is 1. The minimum absolute atomic E-state index is 0.492. The summed E-state index contributed by atoms with van der Waals surface area (Å²) in [6.45, 7) is 5.57. The van der Waals surface area contributed by atoms with Gasteiger partial charge in [0.2, 0.25) is 5.89 Å². The van der Waals surface area contributed by atoms with Crippen molar-refractivity contribution in [2.45, 2.75) is 19.4 Å². The topological polar surface area (TPSA) is 55.3 Å². The Kier molecular flexibility index (Phi) is 4.70. The largest absolute Gasteiger partial charge is 0.441 e. The third kappa shape index (κ3) is 3.40. The fourth-order valence-electron chi connectivity index (χ4n) is 3.70. The van der Waals surface area contributed by atoms with E-state index in [1.54, 1.807) is 11.3 Å². The third-order valence-corrected chi connectivity index (χ3v) is 5.76. The highest BCUT2D eigenvalue weighted by molar-refractivity contribution is 7.08. The number of hydrogen-bond acceptors (Lipinski definition) is 5. The van der Waals surface area contributed by atoms with Crippen LogP contribution in [0.25, 0.3) is 11.5 Å². The van der Waals surface area contributed by atoms with Crippen molar-refractivity contribution in [3.8, 4) is 11.5 Å². The third-order valence-electron chi connectivity index (χ3n) is 5.08. The number of aromatic nitrogens is 1. The first kappa shape index (κ1) is 16.5. The molecule has 0 saturated carbocycles. The summed E-state index contributed by atoms with van der Waals surface area (Å²) in [7, 11) is 0. The van der Waals surface area contributed by atoms with Gasteiger partial charge in [-0.15, -0.1) is 0 Å². The molecule has 3 aromatic rings. The van der Waals surface area contributed by atoms with Crippen LogP contribution in [0.5, 0.6) is 0 Å². The molecule has 0 bridgehead atoms. The molecule has 130 valence electrons. The molecule has 0 spiro atoms. The van der Waals surface area contributed by atoms with E-state index >= 15 is 0 Å². The van der Waals surface area contributed by atoms with Gasteiger partial charge in [0.1, 0.15) is 5.76 Å². The highest BCUT2D eigenvalue weighted by Crippen LogP contribution is 2.33. The number of nitrogens with zero attached hydrogens (tertiary/aromatic N) is 2. The molecule has 25 heavy (non-hydrogen) atoms. The normalized spacial score (nSPS) is 21.0. The first-order valence-corrected chi connectivity index (χ1v) is 9.65. The summed E-state index contributed by atoms with van der Waals surface area (Å²) in [5.41, 5.74) is 9.53. The summed E-state index contributed by atoms with van der Waals surface area (Å²) in [5, 5.41) is 4.12. The van der Waals surface area contributed by atoms with Gasteiger partial charge in [-0.2, -0.15) is 11.3 Å². The molecular formula is C20H23N3OS. The Labute approximate surface area is 152 Å². The Bertz CT molecular complexity index is 813. The smallest absolute Gasteiger partial charge is 0.227 e. The lowest BCUT2D eigenvalue weighted by atomic mass is 9.89. The molecule has 1 fully saturated rings. The van der Waals surface area contributed by atoms with Crippen LogP contribution in [0.4, 0.5) is 0 Å². The molecule has 1 aromatic carbocycles. The van der Waals surface area contributed by atoms with Crippen molar-refractivity contribution >= 4 is 11.3 Å². The molecule has 2 aromatic heterocycles. The van der Waals surface area contributed by atoms with E-state index in [0.29, 0.717) is 18.4 Å². The molecule has 0 amide bonds. The van der Waals surface area contributed by atoms with Crippen molar-refractivity contribution in [1.29, 1.82) is 0 Å². The molecule has 2 N–H and O–H groups in total. The summed E-state index contributed by atoms with van der Waals surface area (Å²) in [5.74, 6) is 2.62. The monoisotopic (exact) mass is 353 g/mol. The van der Waals surface area contributed by atoms with Gasteiger partial charge in [-0.1, -0.05) is 30.3 Å². The standard InChI is InChI=1S/C20H23N3OS/c1-14-19(22-20(24-14)16-7-8-25-13-16)12-23-10-17(9-21)18(11-23)15-5-3-2-4-6-15/h2-8,13,17-18H,9-12,21H2,1H3/t17-,18+/m1/s1. The zero-order valence-corrected chi connectivity index (χ0v) is 15.2.